The maximum atomic E-state index is 11.1. The number of carboxylic acid groups (broad SMARTS) is 2. The predicted molar refractivity (Wildman–Crippen MR) is 73.5 cm³/mol. The number of aliphatic hydroxyl groups is 1. The van der Waals surface area contributed by atoms with Gasteiger partial charge in [-0.25, -0.2) is 9.59 Å². The summed E-state index contributed by atoms with van der Waals surface area (Å²) in [5.41, 5.74) is 6.42. The highest BCUT2D eigenvalue weighted by atomic mass is 16.4. The third-order valence-electron chi connectivity index (χ3n) is 3.41. The van der Waals surface area contributed by atoms with Crippen LogP contribution in [0.1, 0.15) is 27.6 Å². The number of aromatic carboxylic acids is 2. The minimum Gasteiger partial charge on any atom is -0.478 e. The Morgan fingerprint density at radius 2 is 1.62 bits per heavy atom. The Balaban J connectivity index is 2.54. The van der Waals surface area contributed by atoms with Crippen molar-refractivity contribution in [1.82, 2.24) is 5.01 Å². The number of allylic oxidation sites excluding steroid dienone is 1. The topological polar surface area (TPSA) is 127 Å². The van der Waals surface area contributed by atoms with Crippen molar-refractivity contribution in [3.05, 3.63) is 40.7 Å². The monoisotopic (exact) mass is 293 g/mol. The third-order valence-corrected chi connectivity index (χ3v) is 3.41. The summed E-state index contributed by atoms with van der Waals surface area (Å²) in [5.74, 6) is -2.51. The summed E-state index contributed by atoms with van der Waals surface area (Å²) in [4.78, 5) is 22.2. The van der Waals surface area contributed by atoms with E-state index in [9.17, 15) is 14.7 Å². The van der Waals surface area contributed by atoms with Gasteiger partial charge in [0.2, 0.25) is 0 Å². The van der Waals surface area contributed by atoms with Crippen LogP contribution < -0.4 is 10.7 Å². The average Bonchev–Trinajstić information content (AvgIpc) is 2.62. The van der Waals surface area contributed by atoms with Crippen molar-refractivity contribution < 1.29 is 24.9 Å². The lowest BCUT2D eigenvalue weighted by molar-refractivity contribution is 0.0696. The van der Waals surface area contributed by atoms with Crippen LogP contribution in [-0.2, 0) is 0 Å². The number of rotatable bonds is 3. The lowest BCUT2D eigenvalue weighted by Gasteiger charge is -2.32. The second-order valence-electron chi connectivity index (χ2n) is 4.66. The molecule has 1 aliphatic heterocycles. The van der Waals surface area contributed by atoms with Crippen LogP contribution in [0.3, 0.4) is 0 Å². The molecule has 0 radical (unpaired) electrons. The van der Waals surface area contributed by atoms with Gasteiger partial charge in [0, 0.05) is 7.05 Å². The smallest absolute Gasteiger partial charge is 0.335 e. The summed E-state index contributed by atoms with van der Waals surface area (Å²) in [5, 5.41) is 31.1. The summed E-state index contributed by atoms with van der Waals surface area (Å²) >= 11 is 0. The van der Waals surface area contributed by atoms with Crippen LogP contribution in [-0.4, -0.2) is 45.5 Å². The van der Waals surface area contributed by atoms with Crippen molar-refractivity contribution in [3.63, 3.8) is 0 Å². The van der Waals surface area contributed by atoms with Gasteiger partial charge in [-0.3, -0.25) is 10.0 Å². The first-order valence-corrected chi connectivity index (χ1v) is 6.03. The van der Waals surface area contributed by atoms with Crippen molar-refractivity contribution in [2.24, 2.45) is 5.73 Å². The Labute approximate surface area is 120 Å². The molecule has 0 amide bonds. The van der Waals surface area contributed by atoms with E-state index in [1.54, 1.807) is 14.0 Å². The van der Waals surface area contributed by atoms with Crippen LogP contribution in [0.15, 0.2) is 29.6 Å². The zero-order valence-corrected chi connectivity index (χ0v) is 11.4. The third kappa shape index (κ3) is 2.36. The van der Waals surface area contributed by atoms with Gasteiger partial charge in [0.25, 0.3) is 0 Å². The summed E-state index contributed by atoms with van der Waals surface area (Å²) in [6.07, 6.45) is -1.18. The number of anilines is 1. The molecule has 0 saturated carbocycles. The Morgan fingerprint density at radius 3 is 1.95 bits per heavy atom. The van der Waals surface area contributed by atoms with E-state index in [1.165, 1.54) is 22.2 Å². The normalized spacial score (nSPS) is 18.3. The van der Waals surface area contributed by atoms with E-state index in [4.69, 9.17) is 15.9 Å². The zero-order chi connectivity index (χ0) is 15.9. The number of nitrogens with two attached hydrogens (primary N) is 1. The van der Waals surface area contributed by atoms with E-state index < -0.39 is 18.2 Å². The Hall–Kier alpha value is -2.74. The molecule has 0 bridgehead atoms. The van der Waals surface area contributed by atoms with Gasteiger partial charge in [-0.2, -0.15) is 0 Å². The Morgan fingerprint density at radius 1 is 1.14 bits per heavy atom. The fraction of sp³-hybridized carbons (Fsp3) is 0.231. The highest BCUT2D eigenvalue weighted by Gasteiger charge is 2.33. The van der Waals surface area contributed by atoms with Crippen LogP contribution in [0.2, 0.25) is 0 Å². The summed E-state index contributed by atoms with van der Waals surface area (Å²) in [7, 11) is 1.63. The molecule has 0 fully saturated rings. The Kier molecular flexibility index (Phi) is 3.48. The van der Waals surface area contributed by atoms with E-state index in [0.29, 0.717) is 5.70 Å². The molecule has 0 saturated heterocycles. The van der Waals surface area contributed by atoms with Gasteiger partial charge in [-0.05, 0) is 25.1 Å². The van der Waals surface area contributed by atoms with Gasteiger partial charge in [-0.1, -0.05) is 0 Å². The molecule has 21 heavy (non-hydrogen) atoms. The first kappa shape index (κ1) is 14.7. The first-order valence-electron chi connectivity index (χ1n) is 6.03. The number of hydrazine groups is 1. The van der Waals surface area contributed by atoms with Crippen LogP contribution in [0.4, 0.5) is 5.69 Å². The molecule has 0 aromatic heterocycles. The van der Waals surface area contributed by atoms with Crippen molar-refractivity contribution in [2.45, 2.75) is 13.2 Å². The van der Waals surface area contributed by atoms with Gasteiger partial charge < -0.3 is 21.1 Å². The lowest BCUT2D eigenvalue weighted by Crippen LogP contribution is -2.41. The van der Waals surface area contributed by atoms with Crippen molar-refractivity contribution >= 4 is 17.6 Å². The maximum Gasteiger partial charge on any atom is 0.335 e. The predicted octanol–water partition coefficient (Wildman–Crippen LogP) is 0.258. The molecule has 1 atom stereocenters. The van der Waals surface area contributed by atoms with Crippen LogP contribution in [0.5, 0.6) is 0 Å². The van der Waals surface area contributed by atoms with Gasteiger partial charge in [0.15, 0.2) is 6.23 Å². The number of aliphatic hydroxyl groups excluding tert-OH is 1. The van der Waals surface area contributed by atoms with Crippen LogP contribution >= 0.6 is 0 Å². The molecule has 5 N–H and O–H groups in total. The second-order valence-corrected chi connectivity index (χ2v) is 4.66. The van der Waals surface area contributed by atoms with Crippen molar-refractivity contribution in [1.29, 1.82) is 0 Å². The van der Waals surface area contributed by atoms with Gasteiger partial charge in [-0.15, -0.1) is 0 Å². The number of benzene rings is 1. The van der Waals surface area contributed by atoms with Gasteiger partial charge in [0.05, 0.1) is 28.2 Å². The number of carbonyl (C=O) groups is 2. The molecule has 2 rings (SSSR count). The molecule has 0 spiro atoms. The number of hydrogen-bond acceptors (Lipinski definition) is 6. The maximum absolute atomic E-state index is 11.1. The molecule has 1 unspecified atom stereocenters. The minimum atomic E-state index is -1.26. The minimum absolute atomic E-state index is 0.186. The Bertz CT molecular complexity index is 605. The molecule has 1 aromatic rings. The molecule has 1 aliphatic rings. The number of nitrogens with zero attached hydrogens (tertiary/aromatic N) is 2. The number of hydrogen-bond donors (Lipinski definition) is 4. The fourth-order valence-corrected chi connectivity index (χ4v) is 2.14. The molecule has 1 heterocycles. The average molecular weight is 293 g/mol. The molecule has 8 heteroatoms. The largest absolute Gasteiger partial charge is 0.478 e. The van der Waals surface area contributed by atoms with Gasteiger partial charge >= 0.3 is 11.9 Å². The molecule has 0 aliphatic carbocycles. The molecular formula is C13H15N3O5. The van der Waals surface area contributed by atoms with E-state index in [-0.39, 0.29) is 22.5 Å². The first-order chi connectivity index (χ1) is 9.73. The van der Waals surface area contributed by atoms with E-state index in [2.05, 4.69) is 0 Å². The molecular weight excluding hydrogens is 278 g/mol. The van der Waals surface area contributed by atoms with Crippen molar-refractivity contribution in [2.75, 3.05) is 12.1 Å². The van der Waals surface area contributed by atoms with E-state index in [0.717, 1.165) is 6.07 Å². The highest BCUT2D eigenvalue weighted by molar-refractivity contribution is 5.95. The summed E-state index contributed by atoms with van der Waals surface area (Å²) in [6.45, 7) is 1.69. The zero-order valence-electron chi connectivity index (χ0n) is 11.4. The van der Waals surface area contributed by atoms with E-state index in [1.807, 2.05) is 0 Å². The lowest BCUT2D eigenvalue weighted by atomic mass is 10.1. The van der Waals surface area contributed by atoms with Crippen LogP contribution in [0.25, 0.3) is 0 Å². The molecule has 8 nitrogen and oxygen atoms in total. The fourth-order valence-electron chi connectivity index (χ4n) is 2.14. The quantitative estimate of drug-likeness (QED) is 0.625. The molecule has 112 valence electrons. The standard InChI is InChI=1S/C13H15N3O5/c1-6-10(14)11(17)16(15(6)2)9-4-7(12(18)19)3-8(5-9)13(20)21/h3-5,11,17H,14H2,1-2H3,(H,18,19)(H,20,21). The number of carboxylic acids is 2. The van der Waals surface area contributed by atoms with E-state index >= 15 is 0 Å². The summed E-state index contributed by atoms with van der Waals surface area (Å²) < 4.78 is 0. The van der Waals surface area contributed by atoms with Gasteiger partial charge in [0.1, 0.15) is 0 Å². The molecule has 1 aromatic carbocycles. The SMILES string of the molecule is CC1=C(N)C(O)N(c2cc(C(=O)O)cc(C(=O)O)c2)N1C. The van der Waals surface area contributed by atoms with Crippen molar-refractivity contribution in [3.8, 4) is 0 Å². The highest BCUT2D eigenvalue weighted by Crippen LogP contribution is 2.30. The van der Waals surface area contributed by atoms with Crippen LogP contribution in [0, 0.1) is 0 Å². The second kappa shape index (κ2) is 4.98. The summed E-state index contributed by atoms with van der Waals surface area (Å²) in [6, 6.07) is 3.61.